The molecule has 1 aromatic carbocycles. The van der Waals surface area contributed by atoms with E-state index in [0.29, 0.717) is 38.1 Å². The van der Waals surface area contributed by atoms with Crippen LogP contribution in [0.3, 0.4) is 0 Å². The highest BCUT2D eigenvalue weighted by molar-refractivity contribution is 5.92. The van der Waals surface area contributed by atoms with Gasteiger partial charge in [-0.1, -0.05) is 12.1 Å². The maximum atomic E-state index is 12.5. The molecule has 1 aliphatic rings. The summed E-state index contributed by atoms with van der Waals surface area (Å²) >= 11 is 0. The van der Waals surface area contributed by atoms with Gasteiger partial charge in [0.05, 0.1) is 18.1 Å². The molecule has 136 valence electrons. The van der Waals surface area contributed by atoms with Gasteiger partial charge in [-0.3, -0.25) is 9.59 Å². The summed E-state index contributed by atoms with van der Waals surface area (Å²) in [5.41, 5.74) is -0.209. The minimum Gasteiger partial charge on any atom is -0.466 e. The number of esters is 1. The monoisotopic (exact) mass is 355 g/mol. The molecule has 1 fully saturated rings. The number of benzene rings is 1. The van der Waals surface area contributed by atoms with E-state index in [1.54, 1.807) is 11.8 Å². The Kier molecular flexibility index (Phi) is 6.22. The van der Waals surface area contributed by atoms with Crippen molar-refractivity contribution in [1.82, 2.24) is 4.90 Å². The van der Waals surface area contributed by atoms with Crippen LogP contribution in [0.15, 0.2) is 30.3 Å². The summed E-state index contributed by atoms with van der Waals surface area (Å²) in [6, 6.07) is 4.60. The Bertz CT molecular complexity index is 630. The fourth-order valence-electron chi connectivity index (χ4n) is 2.65. The number of hydrogen-bond donors (Lipinski definition) is 0. The Morgan fingerprint density at radius 1 is 1.20 bits per heavy atom. The van der Waals surface area contributed by atoms with E-state index in [-0.39, 0.29) is 17.8 Å². The Hall–Kier alpha value is -2.31. The smallest absolute Gasteiger partial charge is 0.416 e. The molecule has 0 spiro atoms. The first kappa shape index (κ1) is 19.0. The largest absolute Gasteiger partial charge is 0.466 e. The third kappa shape index (κ3) is 5.34. The highest BCUT2D eigenvalue weighted by Gasteiger charge is 2.30. The van der Waals surface area contributed by atoms with Crippen molar-refractivity contribution in [3.63, 3.8) is 0 Å². The third-order valence-corrected chi connectivity index (χ3v) is 4.08. The highest BCUT2D eigenvalue weighted by atomic mass is 19.4. The number of alkyl halides is 3. The zero-order valence-corrected chi connectivity index (χ0v) is 13.9. The summed E-state index contributed by atoms with van der Waals surface area (Å²) in [7, 11) is 0. The molecule has 1 amide bonds. The average Bonchev–Trinajstić information content (AvgIpc) is 2.59. The summed E-state index contributed by atoms with van der Waals surface area (Å²) in [5.74, 6) is -0.625. The zero-order chi connectivity index (χ0) is 18.4. The van der Waals surface area contributed by atoms with E-state index in [4.69, 9.17) is 4.74 Å². The van der Waals surface area contributed by atoms with E-state index in [9.17, 15) is 22.8 Å². The standard InChI is InChI=1S/C18H20F3NO3/c1-2-25-17(24)14-9-11-22(12-10-14)16(23)8-5-13-3-6-15(7-4-13)18(19,20)21/h3-8,14H,2,9-12H2,1H3. The van der Waals surface area contributed by atoms with Gasteiger partial charge in [-0.25, -0.2) is 0 Å². The van der Waals surface area contributed by atoms with Crippen molar-refractivity contribution in [2.24, 2.45) is 5.92 Å². The average molecular weight is 355 g/mol. The van der Waals surface area contributed by atoms with Crippen LogP contribution in [-0.4, -0.2) is 36.5 Å². The van der Waals surface area contributed by atoms with Crippen LogP contribution in [0.5, 0.6) is 0 Å². The normalized spacial score (nSPS) is 16.2. The molecular weight excluding hydrogens is 335 g/mol. The zero-order valence-electron chi connectivity index (χ0n) is 13.9. The van der Waals surface area contributed by atoms with E-state index in [0.717, 1.165) is 12.1 Å². The number of ether oxygens (including phenoxy) is 1. The summed E-state index contributed by atoms with van der Waals surface area (Å²) < 4.78 is 42.5. The number of hydrogen-bond acceptors (Lipinski definition) is 3. The van der Waals surface area contributed by atoms with Gasteiger partial charge < -0.3 is 9.64 Å². The quantitative estimate of drug-likeness (QED) is 0.613. The lowest BCUT2D eigenvalue weighted by molar-refractivity contribution is -0.150. The van der Waals surface area contributed by atoms with Crippen LogP contribution in [-0.2, 0) is 20.5 Å². The van der Waals surface area contributed by atoms with Crippen LogP contribution in [0.2, 0.25) is 0 Å². The summed E-state index contributed by atoms with van der Waals surface area (Å²) in [4.78, 5) is 25.4. The van der Waals surface area contributed by atoms with Gasteiger partial charge in [0.2, 0.25) is 5.91 Å². The Morgan fingerprint density at radius 2 is 1.80 bits per heavy atom. The molecule has 4 nitrogen and oxygen atoms in total. The lowest BCUT2D eigenvalue weighted by atomic mass is 9.97. The summed E-state index contributed by atoms with van der Waals surface area (Å²) in [5, 5.41) is 0. The number of likely N-dealkylation sites (tertiary alicyclic amines) is 1. The fourth-order valence-corrected chi connectivity index (χ4v) is 2.65. The Balaban J connectivity index is 1.88. The number of rotatable bonds is 4. The molecule has 1 aliphatic heterocycles. The van der Waals surface area contributed by atoms with Crippen molar-refractivity contribution in [3.05, 3.63) is 41.5 Å². The number of amides is 1. The number of carbonyl (C=O) groups excluding carboxylic acids is 2. The van der Waals surface area contributed by atoms with Crippen LogP contribution >= 0.6 is 0 Å². The van der Waals surface area contributed by atoms with Crippen LogP contribution in [0.1, 0.15) is 30.9 Å². The molecule has 0 N–H and O–H groups in total. The Labute approximate surface area is 144 Å². The second-order valence-electron chi connectivity index (χ2n) is 5.80. The molecule has 0 aromatic heterocycles. The highest BCUT2D eigenvalue weighted by Crippen LogP contribution is 2.29. The molecule has 2 rings (SSSR count). The molecule has 1 heterocycles. The molecule has 1 aromatic rings. The predicted octanol–water partition coefficient (Wildman–Crippen LogP) is 3.52. The van der Waals surface area contributed by atoms with Gasteiger partial charge in [0.15, 0.2) is 0 Å². The lowest BCUT2D eigenvalue weighted by Gasteiger charge is -2.30. The third-order valence-electron chi connectivity index (χ3n) is 4.08. The van der Waals surface area contributed by atoms with Crippen LogP contribution in [0, 0.1) is 5.92 Å². The van der Waals surface area contributed by atoms with Gasteiger partial charge >= 0.3 is 12.1 Å². The first-order valence-electron chi connectivity index (χ1n) is 8.12. The fraction of sp³-hybridized carbons (Fsp3) is 0.444. The SMILES string of the molecule is CCOC(=O)C1CCN(C(=O)C=Cc2ccc(C(F)(F)F)cc2)CC1. The lowest BCUT2D eigenvalue weighted by Crippen LogP contribution is -2.39. The molecule has 25 heavy (non-hydrogen) atoms. The van der Waals surface area contributed by atoms with Crippen LogP contribution in [0.4, 0.5) is 13.2 Å². The van der Waals surface area contributed by atoms with Crippen molar-refractivity contribution in [1.29, 1.82) is 0 Å². The number of halogens is 3. The molecule has 0 saturated carbocycles. The maximum Gasteiger partial charge on any atom is 0.416 e. The van der Waals surface area contributed by atoms with Crippen molar-refractivity contribution >= 4 is 18.0 Å². The van der Waals surface area contributed by atoms with Gasteiger partial charge in [-0.15, -0.1) is 0 Å². The van der Waals surface area contributed by atoms with Gasteiger partial charge in [-0.05, 0) is 43.5 Å². The van der Waals surface area contributed by atoms with E-state index in [1.165, 1.54) is 24.3 Å². The molecule has 1 saturated heterocycles. The van der Waals surface area contributed by atoms with E-state index in [1.807, 2.05) is 0 Å². The predicted molar refractivity (Wildman–Crippen MR) is 86.4 cm³/mol. The topological polar surface area (TPSA) is 46.6 Å². The van der Waals surface area contributed by atoms with E-state index >= 15 is 0 Å². The van der Waals surface area contributed by atoms with Crippen LogP contribution in [0.25, 0.3) is 6.08 Å². The molecule has 0 atom stereocenters. The molecule has 0 bridgehead atoms. The van der Waals surface area contributed by atoms with Crippen molar-refractivity contribution in [3.8, 4) is 0 Å². The first-order chi connectivity index (χ1) is 11.8. The summed E-state index contributed by atoms with van der Waals surface area (Å²) in [6.07, 6.45) is -0.439. The molecular formula is C18H20F3NO3. The Morgan fingerprint density at radius 3 is 2.32 bits per heavy atom. The molecule has 0 radical (unpaired) electrons. The van der Waals surface area contributed by atoms with Crippen LogP contribution < -0.4 is 0 Å². The molecule has 7 heteroatoms. The molecule has 0 aliphatic carbocycles. The molecule has 0 unspecified atom stereocenters. The van der Waals surface area contributed by atoms with Crippen molar-refractivity contribution < 1.29 is 27.5 Å². The first-order valence-corrected chi connectivity index (χ1v) is 8.12. The maximum absolute atomic E-state index is 12.5. The summed E-state index contributed by atoms with van der Waals surface area (Å²) in [6.45, 7) is 3.01. The van der Waals surface area contributed by atoms with Gasteiger partial charge in [0.25, 0.3) is 0 Å². The van der Waals surface area contributed by atoms with E-state index < -0.39 is 11.7 Å². The van der Waals surface area contributed by atoms with Gasteiger partial charge in [-0.2, -0.15) is 13.2 Å². The van der Waals surface area contributed by atoms with Gasteiger partial charge in [0.1, 0.15) is 0 Å². The number of carbonyl (C=O) groups is 2. The number of piperidine rings is 1. The van der Waals surface area contributed by atoms with Crippen molar-refractivity contribution in [2.75, 3.05) is 19.7 Å². The minimum absolute atomic E-state index is 0.178. The second kappa shape index (κ2) is 8.18. The van der Waals surface area contributed by atoms with E-state index in [2.05, 4.69) is 0 Å². The second-order valence-corrected chi connectivity index (χ2v) is 5.80. The van der Waals surface area contributed by atoms with Crippen molar-refractivity contribution in [2.45, 2.75) is 25.9 Å². The number of nitrogens with zero attached hydrogens (tertiary/aromatic N) is 1. The van der Waals surface area contributed by atoms with Gasteiger partial charge in [0, 0.05) is 19.2 Å². The minimum atomic E-state index is -4.37.